The molecule has 0 radical (unpaired) electrons. The van der Waals surface area contributed by atoms with Crippen LogP contribution in [0.3, 0.4) is 0 Å². The lowest BCUT2D eigenvalue weighted by Gasteiger charge is -1.91. The molecule has 1 aromatic carbocycles. The molecule has 0 aromatic heterocycles. The van der Waals surface area contributed by atoms with Crippen LogP contribution < -0.4 is 0 Å². The molecule has 0 fully saturated rings. The van der Waals surface area contributed by atoms with Crippen molar-refractivity contribution in [1.82, 2.24) is 0 Å². The highest BCUT2D eigenvalue weighted by atomic mass is 17.2. The maximum absolute atomic E-state index is 4.56. The molecule has 0 saturated heterocycles. The van der Waals surface area contributed by atoms with Crippen LogP contribution in [0.1, 0.15) is 5.56 Å². The van der Waals surface area contributed by atoms with Gasteiger partial charge in [0.25, 0.3) is 0 Å². The van der Waals surface area contributed by atoms with Crippen molar-refractivity contribution in [2.24, 2.45) is 0 Å². The number of benzene rings is 1. The number of hydrogen-bond acceptors (Lipinski definition) is 2. The van der Waals surface area contributed by atoms with E-state index in [0.29, 0.717) is 0 Å². The van der Waals surface area contributed by atoms with Gasteiger partial charge in [0.15, 0.2) is 0 Å². The van der Waals surface area contributed by atoms with Crippen molar-refractivity contribution in [2.45, 2.75) is 0 Å². The third kappa shape index (κ3) is 2.87. The molecule has 0 amide bonds. The van der Waals surface area contributed by atoms with Crippen LogP contribution in [0.25, 0.3) is 6.08 Å². The van der Waals surface area contributed by atoms with Crippen molar-refractivity contribution in [3.05, 3.63) is 42.2 Å². The van der Waals surface area contributed by atoms with E-state index in [-0.39, 0.29) is 0 Å². The summed E-state index contributed by atoms with van der Waals surface area (Å²) in [5.74, 6) is 0. The summed E-state index contributed by atoms with van der Waals surface area (Å²) in [6.45, 7) is 0. The Morgan fingerprint density at radius 2 is 1.91 bits per heavy atom. The third-order valence-corrected chi connectivity index (χ3v) is 1.21. The lowest BCUT2D eigenvalue weighted by Crippen LogP contribution is -1.75. The fraction of sp³-hybridized carbons (Fsp3) is 0.111. The number of hydrogen-bond donors (Lipinski definition) is 0. The Bertz CT molecular complexity index is 216. The van der Waals surface area contributed by atoms with Crippen molar-refractivity contribution >= 4 is 6.08 Å². The van der Waals surface area contributed by atoms with Gasteiger partial charge in [-0.15, -0.1) is 0 Å². The molecular formula is C9H10O2. The van der Waals surface area contributed by atoms with E-state index >= 15 is 0 Å². The van der Waals surface area contributed by atoms with E-state index in [2.05, 4.69) is 9.78 Å². The molecule has 58 valence electrons. The highest BCUT2D eigenvalue weighted by molar-refractivity contribution is 5.47. The van der Waals surface area contributed by atoms with Gasteiger partial charge in [0, 0.05) is 0 Å². The van der Waals surface area contributed by atoms with Gasteiger partial charge in [-0.2, -0.15) is 4.89 Å². The van der Waals surface area contributed by atoms with E-state index < -0.39 is 0 Å². The van der Waals surface area contributed by atoms with Crippen LogP contribution in [-0.2, 0) is 9.78 Å². The van der Waals surface area contributed by atoms with E-state index in [1.54, 1.807) is 0 Å². The monoisotopic (exact) mass is 150 g/mol. The highest BCUT2D eigenvalue weighted by Gasteiger charge is 1.80. The Kier molecular flexibility index (Phi) is 3.22. The molecule has 0 atom stereocenters. The SMILES string of the molecule is COO/C=C/c1ccccc1. The molecule has 0 N–H and O–H groups in total. The minimum absolute atomic E-state index is 1.09. The zero-order valence-electron chi connectivity index (χ0n) is 6.36. The fourth-order valence-electron chi connectivity index (χ4n) is 0.726. The van der Waals surface area contributed by atoms with Gasteiger partial charge in [-0.25, -0.2) is 0 Å². The van der Waals surface area contributed by atoms with Crippen molar-refractivity contribution in [1.29, 1.82) is 0 Å². The average molecular weight is 150 g/mol. The molecule has 11 heavy (non-hydrogen) atoms. The summed E-state index contributed by atoms with van der Waals surface area (Å²) < 4.78 is 0. The third-order valence-electron chi connectivity index (χ3n) is 1.21. The van der Waals surface area contributed by atoms with Crippen LogP contribution in [0.4, 0.5) is 0 Å². The van der Waals surface area contributed by atoms with Gasteiger partial charge in [0.1, 0.15) is 6.26 Å². The molecule has 1 aromatic rings. The van der Waals surface area contributed by atoms with Gasteiger partial charge in [-0.1, -0.05) is 30.3 Å². The van der Waals surface area contributed by atoms with E-state index in [1.165, 1.54) is 13.4 Å². The molecule has 0 aliphatic rings. The fourth-order valence-corrected chi connectivity index (χ4v) is 0.726. The minimum Gasteiger partial charge on any atom is -0.346 e. The average Bonchev–Trinajstić information content (AvgIpc) is 2.07. The molecule has 0 heterocycles. The van der Waals surface area contributed by atoms with Crippen molar-refractivity contribution in [3.8, 4) is 0 Å². The van der Waals surface area contributed by atoms with Gasteiger partial charge in [0.2, 0.25) is 0 Å². The Labute approximate surface area is 66.0 Å². The molecule has 0 aliphatic carbocycles. The first kappa shape index (κ1) is 7.82. The zero-order valence-corrected chi connectivity index (χ0v) is 6.36. The van der Waals surface area contributed by atoms with Crippen LogP contribution in [-0.4, -0.2) is 7.11 Å². The Morgan fingerprint density at radius 1 is 1.18 bits per heavy atom. The topological polar surface area (TPSA) is 18.5 Å². The Balaban J connectivity index is 2.50. The summed E-state index contributed by atoms with van der Waals surface area (Å²) in [4.78, 5) is 8.93. The largest absolute Gasteiger partial charge is 0.346 e. The quantitative estimate of drug-likeness (QED) is 0.373. The van der Waals surface area contributed by atoms with Crippen LogP contribution in [0.5, 0.6) is 0 Å². The van der Waals surface area contributed by atoms with Crippen LogP contribution in [0.15, 0.2) is 36.6 Å². The van der Waals surface area contributed by atoms with Crippen molar-refractivity contribution in [2.75, 3.05) is 7.11 Å². The molecule has 0 unspecified atom stereocenters. The predicted molar refractivity (Wildman–Crippen MR) is 43.6 cm³/mol. The van der Waals surface area contributed by atoms with Gasteiger partial charge >= 0.3 is 0 Å². The van der Waals surface area contributed by atoms with E-state index in [9.17, 15) is 0 Å². The smallest absolute Gasteiger partial charge is 0.130 e. The first-order valence-electron chi connectivity index (χ1n) is 3.34. The summed E-state index contributed by atoms with van der Waals surface area (Å²) in [7, 11) is 1.47. The standard InChI is InChI=1S/C9H10O2/c1-10-11-8-7-9-5-3-2-4-6-9/h2-8H,1H3/b8-7+. The maximum Gasteiger partial charge on any atom is 0.130 e. The normalized spacial score (nSPS) is 10.3. The molecular weight excluding hydrogens is 140 g/mol. The van der Waals surface area contributed by atoms with Crippen LogP contribution in [0, 0.1) is 0 Å². The summed E-state index contributed by atoms with van der Waals surface area (Å²) >= 11 is 0. The summed E-state index contributed by atoms with van der Waals surface area (Å²) in [5, 5.41) is 0. The van der Waals surface area contributed by atoms with Gasteiger partial charge < -0.3 is 4.89 Å². The molecule has 0 bridgehead atoms. The Morgan fingerprint density at radius 3 is 2.55 bits per heavy atom. The maximum atomic E-state index is 4.56. The molecule has 1 rings (SSSR count). The van der Waals surface area contributed by atoms with Gasteiger partial charge in [-0.3, -0.25) is 0 Å². The van der Waals surface area contributed by atoms with Gasteiger partial charge in [0.05, 0.1) is 7.11 Å². The molecule has 0 saturated carbocycles. The lowest BCUT2D eigenvalue weighted by molar-refractivity contribution is -0.221. The zero-order chi connectivity index (χ0) is 7.94. The predicted octanol–water partition coefficient (Wildman–Crippen LogP) is 2.24. The minimum atomic E-state index is 1.09. The van der Waals surface area contributed by atoms with E-state index in [0.717, 1.165) is 5.56 Å². The first-order chi connectivity index (χ1) is 5.43. The van der Waals surface area contributed by atoms with Gasteiger partial charge in [-0.05, 0) is 11.6 Å². The Hall–Kier alpha value is -1.28. The molecule has 2 heteroatoms. The molecule has 2 nitrogen and oxygen atoms in total. The molecule has 0 aliphatic heterocycles. The summed E-state index contributed by atoms with van der Waals surface area (Å²) in [6.07, 6.45) is 3.32. The second-order valence-corrected chi connectivity index (χ2v) is 1.98. The lowest BCUT2D eigenvalue weighted by atomic mass is 10.2. The van der Waals surface area contributed by atoms with Crippen molar-refractivity contribution in [3.63, 3.8) is 0 Å². The number of rotatable bonds is 3. The summed E-state index contributed by atoms with van der Waals surface area (Å²) in [5.41, 5.74) is 1.09. The highest BCUT2D eigenvalue weighted by Crippen LogP contribution is 2.00. The second-order valence-electron chi connectivity index (χ2n) is 1.98. The molecule has 0 spiro atoms. The van der Waals surface area contributed by atoms with Crippen LogP contribution >= 0.6 is 0 Å². The summed E-state index contributed by atoms with van der Waals surface area (Å²) in [6, 6.07) is 9.86. The van der Waals surface area contributed by atoms with E-state index in [4.69, 9.17) is 0 Å². The first-order valence-corrected chi connectivity index (χ1v) is 3.34. The van der Waals surface area contributed by atoms with E-state index in [1.807, 2.05) is 36.4 Å². The van der Waals surface area contributed by atoms with Crippen molar-refractivity contribution < 1.29 is 9.78 Å². The second kappa shape index (κ2) is 4.52. The van der Waals surface area contributed by atoms with Crippen LogP contribution in [0.2, 0.25) is 0 Å².